The molecule has 0 saturated carbocycles. The molecule has 0 spiro atoms. The molecule has 1 heterocycles. The summed E-state index contributed by atoms with van der Waals surface area (Å²) in [5.41, 5.74) is 1.42. The van der Waals surface area contributed by atoms with Gasteiger partial charge in [-0.05, 0) is 33.0 Å². The number of carbonyl (C=O) groups is 1. The SMILES string of the molecule is CCNc1cnccc1C(=O)NC(CN(C)C)C(C)C. The van der Waals surface area contributed by atoms with Gasteiger partial charge in [-0.3, -0.25) is 9.78 Å². The highest BCUT2D eigenvalue weighted by atomic mass is 16.1. The number of nitrogens with one attached hydrogen (secondary N) is 2. The van der Waals surface area contributed by atoms with E-state index in [0.717, 1.165) is 18.8 Å². The number of aromatic nitrogens is 1. The smallest absolute Gasteiger partial charge is 0.253 e. The first-order valence-electron chi connectivity index (χ1n) is 7.09. The molecule has 0 bridgehead atoms. The summed E-state index contributed by atoms with van der Waals surface area (Å²) in [6.45, 7) is 7.82. The average molecular weight is 278 g/mol. The molecule has 0 aromatic carbocycles. The minimum atomic E-state index is -0.0519. The van der Waals surface area contributed by atoms with Crippen molar-refractivity contribution in [3.63, 3.8) is 0 Å². The third-order valence-corrected chi connectivity index (χ3v) is 3.12. The van der Waals surface area contributed by atoms with Crippen LogP contribution in [0.1, 0.15) is 31.1 Å². The van der Waals surface area contributed by atoms with Gasteiger partial charge in [0.05, 0.1) is 17.4 Å². The molecule has 20 heavy (non-hydrogen) atoms. The Bertz CT molecular complexity index is 432. The van der Waals surface area contributed by atoms with Gasteiger partial charge in [-0.2, -0.15) is 0 Å². The van der Waals surface area contributed by atoms with Gasteiger partial charge < -0.3 is 15.5 Å². The van der Waals surface area contributed by atoms with Crippen molar-refractivity contribution >= 4 is 11.6 Å². The van der Waals surface area contributed by atoms with Crippen LogP contribution in [0.25, 0.3) is 0 Å². The first-order chi connectivity index (χ1) is 9.45. The van der Waals surface area contributed by atoms with E-state index in [2.05, 4.69) is 34.4 Å². The van der Waals surface area contributed by atoms with Crippen LogP contribution in [0.5, 0.6) is 0 Å². The number of anilines is 1. The Labute approximate surface area is 121 Å². The zero-order chi connectivity index (χ0) is 15.1. The van der Waals surface area contributed by atoms with Gasteiger partial charge in [0.15, 0.2) is 0 Å². The summed E-state index contributed by atoms with van der Waals surface area (Å²) < 4.78 is 0. The number of carbonyl (C=O) groups excluding carboxylic acids is 1. The van der Waals surface area contributed by atoms with Gasteiger partial charge in [0.2, 0.25) is 0 Å². The lowest BCUT2D eigenvalue weighted by Gasteiger charge is -2.26. The number of rotatable bonds is 7. The van der Waals surface area contributed by atoms with Crippen LogP contribution in [0.3, 0.4) is 0 Å². The van der Waals surface area contributed by atoms with Crippen molar-refractivity contribution in [2.24, 2.45) is 5.92 Å². The van der Waals surface area contributed by atoms with E-state index in [9.17, 15) is 4.79 Å². The Hall–Kier alpha value is -1.62. The van der Waals surface area contributed by atoms with Crippen LogP contribution < -0.4 is 10.6 Å². The highest BCUT2D eigenvalue weighted by molar-refractivity contribution is 5.99. The maximum atomic E-state index is 12.4. The number of hydrogen-bond acceptors (Lipinski definition) is 4. The normalized spacial score (nSPS) is 12.6. The maximum absolute atomic E-state index is 12.4. The lowest BCUT2D eigenvalue weighted by atomic mass is 10.0. The van der Waals surface area contributed by atoms with E-state index in [1.807, 2.05) is 21.0 Å². The molecule has 0 aliphatic rings. The predicted octanol–water partition coefficient (Wildman–Crippen LogP) is 1.83. The van der Waals surface area contributed by atoms with Crippen LogP contribution in [0.2, 0.25) is 0 Å². The Balaban J connectivity index is 2.83. The fourth-order valence-electron chi connectivity index (χ4n) is 1.99. The number of likely N-dealkylation sites (N-methyl/N-ethyl adjacent to an activating group) is 1. The van der Waals surface area contributed by atoms with Crippen molar-refractivity contribution in [2.45, 2.75) is 26.8 Å². The van der Waals surface area contributed by atoms with E-state index in [1.54, 1.807) is 18.5 Å². The van der Waals surface area contributed by atoms with E-state index >= 15 is 0 Å². The summed E-state index contributed by atoms with van der Waals surface area (Å²) >= 11 is 0. The molecule has 0 fully saturated rings. The maximum Gasteiger partial charge on any atom is 0.253 e. The van der Waals surface area contributed by atoms with Crippen molar-refractivity contribution in [2.75, 3.05) is 32.5 Å². The summed E-state index contributed by atoms with van der Waals surface area (Å²) in [5, 5.41) is 6.28. The zero-order valence-corrected chi connectivity index (χ0v) is 13.1. The minimum Gasteiger partial charge on any atom is -0.383 e. The molecule has 1 unspecified atom stereocenters. The van der Waals surface area contributed by atoms with Gasteiger partial charge in [-0.1, -0.05) is 13.8 Å². The van der Waals surface area contributed by atoms with Gasteiger partial charge in [0, 0.05) is 25.3 Å². The molecule has 0 aliphatic carbocycles. The molecule has 5 nitrogen and oxygen atoms in total. The van der Waals surface area contributed by atoms with E-state index in [0.29, 0.717) is 11.5 Å². The lowest BCUT2D eigenvalue weighted by Crippen LogP contribution is -2.45. The van der Waals surface area contributed by atoms with Crippen LogP contribution in [-0.2, 0) is 0 Å². The Morgan fingerprint density at radius 2 is 2.10 bits per heavy atom. The average Bonchev–Trinajstić information content (AvgIpc) is 2.38. The van der Waals surface area contributed by atoms with E-state index in [1.165, 1.54) is 0 Å². The van der Waals surface area contributed by atoms with Crippen molar-refractivity contribution < 1.29 is 4.79 Å². The fraction of sp³-hybridized carbons (Fsp3) is 0.600. The molecule has 0 aliphatic heterocycles. The van der Waals surface area contributed by atoms with Crippen LogP contribution >= 0.6 is 0 Å². The first kappa shape index (κ1) is 16.4. The molecule has 1 aromatic heterocycles. The van der Waals surface area contributed by atoms with E-state index in [-0.39, 0.29) is 11.9 Å². The van der Waals surface area contributed by atoms with Crippen LogP contribution in [0, 0.1) is 5.92 Å². The van der Waals surface area contributed by atoms with Crippen molar-refractivity contribution in [1.29, 1.82) is 0 Å². The minimum absolute atomic E-state index is 0.0519. The third-order valence-electron chi connectivity index (χ3n) is 3.12. The second-order valence-electron chi connectivity index (χ2n) is 5.54. The third kappa shape index (κ3) is 4.81. The summed E-state index contributed by atoms with van der Waals surface area (Å²) in [6, 6.07) is 1.88. The molecule has 0 saturated heterocycles. The molecule has 0 radical (unpaired) electrons. The second-order valence-corrected chi connectivity index (χ2v) is 5.54. The fourth-order valence-corrected chi connectivity index (χ4v) is 1.99. The molecular formula is C15H26N4O. The van der Waals surface area contributed by atoms with Gasteiger partial charge in [-0.15, -0.1) is 0 Å². The molecule has 1 atom stereocenters. The lowest BCUT2D eigenvalue weighted by molar-refractivity contribution is 0.0917. The Morgan fingerprint density at radius 1 is 1.40 bits per heavy atom. The van der Waals surface area contributed by atoms with Crippen molar-refractivity contribution in [1.82, 2.24) is 15.2 Å². The highest BCUT2D eigenvalue weighted by Crippen LogP contribution is 2.14. The largest absolute Gasteiger partial charge is 0.383 e. The van der Waals surface area contributed by atoms with Gasteiger partial charge in [0.25, 0.3) is 5.91 Å². The van der Waals surface area contributed by atoms with Crippen LogP contribution in [-0.4, -0.2) is 49.0 Å². The molecule has 2 N–H and O–H groups in total. The summed E-state index contributed by atoms with van der Waals surface area (Å²) in [7, 11) is 4.02. The van der Waals surface area contributed by atoms with Gasteiger partial charge >= 0.3 is 0 Å². The Kier molecular flexibility index (Phi) is 6.45. The molecule has 112 valence electrons. The van der Waals surface area contributed by atoms with Crippen LogP contribution in [0.4, 0.5) is 5.69 Å². The van der Waals surface area contributed by atoms with Gasteiger partial charge in [0.1, 0.15) is 0 Å². The zero-order valence-electron chi connectivity index (χ0n) is 13.1. The topological polar surface area (TPSA) is 57.3 Å². The number of amides is 1. The highest BCUT2D eigenvalue weighted by Gasteiger charge is 2.19. The molecular weight excluding hydrogens is 252 g/mol. The summed E-state index contributed by atoms with van der Waals surface area (Å²) in [4.78, 5) is 18.6. The quantitative estimate of drug-likeness (QED) is 0.799. The first-order valence-corrected chi connectivity index (χ1v) is 7.09. The van der Waals surface area contributed by atoms with E-state index in [4.69, 9.17) is 0 Å². The van der Waals surface area contributed by atoms with Crippen LogP contribution in [0.15, 0.2) is 18.5 Å². The van der Waals surface area contributed by atoms with Crippen molar-refractivity contribution in [3.05, 3.63) is 24.0 Å². The summed E-state index contributed by atoms with van der Waals surface area (Å²) in [6.07, 6.45) is 3.33. The second kappa shape index (κ2) is 7.85. The standard InChI is InChI=1S/C15H26N4O/c1-6-17-13-9-16-8-7-12(13)15(20)18-14(11(2)3)10-19(4)5/h7-9,11,14,17H,6,10H2,1-5H3,(H,18,20). The van der Waals surface area contributed by atoms with E-state index < -0.39 is 0 Å². The molecule has 1 aromatic rings. The molecule has 5 heteroatoms. The predicted molar refractivity (Wildman–Crippen MR) is 83.0 cm³/mol. The van der Waals surface area contributed by atoms with Crippen molar-refractivity contribution in [3.8, 4) is 0 Å². The number of nitrogens with zero attached hydrogens (tertiary/aromatic N) is 2. The molecule has 1 rings (SSSR count). The number of hydrogen-bond donors (Lipinski definition) is 2. The Morgan fingerprint density at radius 3 is 2.65 bits per heavy atom. The molecule has 1 amide bonds. The summed E-state index contributed by atoms with van der Waals surface area (Å²) in [5.74, 6) is 0.328. The van der Waals surface area contributed by atoms with Gasteiger partial charge in [-0.25, -0.2) is 0 Å². The monoisotopic (exact) mass is 278 g/mol. The number of pyridine rings is 1.